The van der Waals surface area contributed by atoms with Crippen molar-refractivity contribution in [1.82, 2.24) is 0 Å². The summed E-state index contributed by atoms with van der Waals surface area (Å²) in [6, 6.07) is 29.8. The first kappa shape index (κ1) is 23.4. The molecule has 0 aliphatic rings. The highest BCUT2D eigenvalue weighted by Crippen LogP contribution is 2.23. The van der Waals surface area contributed by atoms with Gasteiger partial charge in [0.25, 0.3) is 0 Å². The number of hydrogen-bond donors (Lipinski definition) is 2. The van der Waals surface area contributed by atoms with Crippen molar-refractivity contribution in [2.45, 2.75) is 9.79 Å². The highest BCUT2D eigenvalue weighted by Gasteiger charge is 2.02. The topological polar surface area (TPSA) is 68.3 Å². The van der Waals surface area contributed by atoms with Crippen molar-refractivity contribution < 1.29 is 16.8 Å². The van der Waals surface area contributed by atoms with Gasteiger partial charge in [0.1, 0.15) is 0 Å². The summed E-state index contributed by atoms with van der Waals surface area (Å²) in [6.07, 6.45) is 7.39. The monoisotopic (exact) mass is 486 g/mol. The Hall–Kier alpha value is -3.74. The van der Waals surface area contributed by atoms with Gasteiger partial charge in [-0.25, -0.2) is 16.8 Å². The van der Waals surface area contributed by atoms with E-state index in [0.29, 0.717) is 20.9 Å². The van der Waals surface area contributed by atoms with Crippen molar-refractivity contribution in [3.63, 3.8) is 0 Å². The molecule has 0 amide bonds. The predicted octanol–water partition coefficient (Wildman–Crippen LogP) is 5.64. The van der Waals surface area contributed by atoms with E-state index in [1.165, 1.54) is 0 Å². The van der Waals surface area contributed by atoms with Crippen LogP contribution in [-0.4, -0.2) is 16.8 Å². The molecular formula is C28H22O4S2. The summed E-state index contributed by atoms with van der Waals surface area (Å²) in [4.78, 5) is 0.620. The van der Waals surface area contributed by atoms with Crippen molar-refractivity contribution in [3.8, 4) is 11.1 Å². The van der Waals surface area contributed by atoms with Gasteiger partial charge in [-0.3, -0.25) is 0 Å². The van der Waals surface area contributed by atoms with Crippen LogP contribution in [0.3, 0.4) is 0 Å². The molecule has 170 valence electrons. The molecule has 0 radical (unpaired) electrons. The number of thiol groups is 2. The Morgan fingerprint density at radius 1 is 0.412 bits per heavy atom. The van der Waals surface area contributed by atoms with Crippen LogP contribution < -0.4 is 0 Å². The van der Waals surface area contributed by atoms with E-state index in [0.717, 1.165) is 22.3 Å². The second-order valence-corrected chi connectivity index (χ2v) is 9.53. The quantitative estimate of drug-likeness (QED) is 0.262. The molecule has 0 aromatic heterocycles. The second-order valence-electron chi connectivity index (χ2n) is 7.54. The van der Waals surface area contributed by atoms with Crippen LogP contribution >= 0.6 is 0 Å². The summed E-state index contributed by atoms with van der Waals surface area (Å²) in [7, 11) is -5.28. The summed E-state index contributed by atoms with van der Waals surface area (Å²) in [5, 5.41) is 0. The Balaban J connectivity index is 1.48. The van der Waals surface area contributed by atoms with E-state index in [1.54, 1.807) is 48.6 Å². The first-order chi connectivity index (χ1) is 16.5. The van der Waals surface area contributed by atoms with Gasteiger partial charge in [-0.15, -0.1) is 0 Å². The molecule has 0 atom stereocenters. The van der Waals surface area contributed by atoms with Crippen LogP contribution in [0.5, 0.6) is 0 Å². The minimum Gasteiger partial charge on any atom is -0.227 e. The summed E-state index contributed by atoms with van der Waals surface area (Å²) in [5.74, 6) is 0. The number of rotatable bonds is 7. The van der Waals surface area contributed by atoms with Crippen molar-refractivity contribution in [1.29, 1.82) is 0 Å². The van der Waals surface area contributed by atoms with E-state index in [1.807, 2.05) is 72.8 Å². The van der Waals surface area contributed by atoms with Crippen LogP contribution in [0.2, 0.25) is 0 Å². The van der Waals surface area contributed by atoms with Gasteiger partial charge < -0.3 is 0 Å². The van der Waals surface area contributed by atoms with Crippen molar-refractivity contribution in [2.75, 3.05) is 0 Å². The van der Waals surface area contributed by atoms with Gasteiger partial charge in [-0.1, -0.05) is 109 Å². The average Bonchev–Trinajstić information content (AvgIpc) is 2.87. The summed E-state index contributed by atoms with van der Waals surface area (Å²) in [6.45, 7) is 0. The van der Waals surface area contributed by atoms with Gasteiger partial charge in [-0.05, 0) is 45.5 Å². The first-order valence-corrected chi connectivity index (χ1v) is 12.9. The SMILES string of the molecule is O=[SH](=O)c1ccccc1C=Cc1ccc(-c2ccc(C=Cc3ccccc3[SH](=O)=O)cc2)cc1. The zero-order valence-electron chi connectivity index (χ0n) is 18.1. The molecule has 0 aliphatic heterocycles. The molecule has 4 aromatic rings. The number of benzene rings is 4. The first-order valence-electron chi connectivity index (χ1n) is 10.5. The van der Waals surface area contributed by atoms with Gasteiger partial charge in [-0.2, -0.15) is 0 Å². The van der Waals surface area contributed by atoms with Crippen LogP contribution in [0.15, 0.2) is 107 Å². The smallest absolute Gasteiger partial charge is 0.168 e. The van der Waals surface area contributed by atoms with Gasteiger partial charge in [0, 0.05) is 0 Å². The van der Waals surface area contributed by atoms with Gasteiger partial charge in [0.05, 0.1) is 9.79 Å². The lowest BCUT2D eigenvalue weighted by Crippen LogP contribution is -1.85. The molecular weight excluding hydrogens is 464 g/mol. The third kappa shape index (κ3) is 5.78. The fourth-order valence-corrected chi connectivity index (χ4v) is 4.67. The van der Waals surface area contributed by atoms with Crippen molar-refractivity contribution in [3.05, 3.63) is 119 Å². The van der Waals surface area contributed by atoms with Crippen molar-refractivity contribution in [2.24, 2.45) is 0 Å². The molecule has 34 heavy (non-hydrogen) atoms. The van der Waals surface area contributed by atoms with E-state index in [2.05, 4.69) is 0 Å². The molecule has 0 unspecified atom stereocenters. The predicted molar refractivity (Wildman–Crippen MR) is 140 cm³/mol. The highest BCUT2D eigenvalue weighted by atomic mass is 32.2. The molecule has 0 aliphatic carbocycles. The molecule has 6 heteroatoms. The summed E-state index contributed by atoms with van der Waals surface area (Å²) < 4.78 is 45.6. The Bertz CT molecular complexity index is 1380. The standard InChI is InChI=1S/C28H22O4S2/c29-33(30)27-7-3-1-5-25(27)19-13-21-9-15-23(16-10-21)24-17-11-22(12-18-24)14-20-26-6-2-4-8-28(26)34(31)32/h1-20,33-34H. The zero-order chi connectivity index (χ0) is 23.9. The lowest BCUT2D eigenvalue weighted by Gasteiger charge is -2.04. The molecule has 0 heterocycles. The molecule has 0 saturated carbocycles. The maximum absolute atomic E-state index is 11.4. The second kappa shape index (κ2) is 10.9. The van der Waals surface area contributed by atoms with Crippen LogP contribution in [-0.2, 0) is 21.4 Å². The Kier molecular flexibility index (Phi) is 7.52. The van der Waals surface area contributed by atoms with E-state index in [4.69, 9.17) is 0 Å². The summed E-state index contributed by atoms with van der Waals surface area (Å²) >= 11 is 0. The fourth-order valence-electron chi connectivity index (χ4n) is 3.53. The average molecular weight is 487 g/mol. The molecule has 0 fully saturated rings. The molecule has 0 saturated heterocycles. The molecule has 0 N–H and O–H groups in total. The van der Waals surface area contributed by atoms with Crippen LogP contribution in [0.25, 0.3) is 35.4 Å². The maximum atomic E-state index is 11.4. The van der Waals surface area contributed by atoms with Crippen LogP contribution in [0, 0.1) is 0 Å². The van der Waals surface area contributed by atoms with Gasteiger partial charge >= 0.3 is 0 Å². The third-order valence-corrected chi connectivity index (χ3v) is 6.93. The van der Waals surface area contributed by atoms with E-state index in [-0.39, 0.29) is 0 Å². The largest absolute Gasteiger partial charge is 0.227 e. The lowest BCUT2D eigenvalue weighted by molar-refractivity contribution is 0.613. The van der Waals surface area contributed by atoms with E-state index < -0.39 is 21.4 Å². The van der Waals surface area contributed by atoms with E-state index >= 15 is 0 Å². The maximum Gasteiger partial charge on any atom is 0.168 e. The summed E-state index contributed by atoms with van der Waals surface area (Å²) in [5.41, 5.74) is 5.38. The van der Waals surface area contributed by atoms with Crippen LogP contribution in [0.4, 0.5) is 0 Å². The minimum atomic E-state index is -2.64. The zero-order valence-corrected chi connectivity index (χ0v) is 19.9. The van der Waals surface area contributed by atoms with Crippen LogP contribution in [0.1, 0.15) is 22.3 Å². The Labute approximate surface area is 202 Å². The van der Waals surface area contributed by atoms with E-state index in [9.17, 15) is 16.8 Å². The number of hydrogen-bond acceptors (Lipinski definition) is 4. The molecule has 4 nitrogen and oxygen atoms in total. The fraction of sp³-hybridized carbons (Fsp3) is 0. The van der Waals surface area contributed by atoms with Crippen molar-refractivity contribution >= 4 is 45.7 Å². The molecule has 0 bridgehead atoms. The Morgan fingerprint density at radius 3 is 1.12 bits per heavy atom. The molecule has 0 spiro atoms. The lowest BCUT2D eigenvalue weighted by atomic mass is 10.0. The minimum absolute atomic E-state index is 0.310. The molecule has 4 rings (SSSR count). The Morgan fingerprint density at radius 2 is 0.765 bits per heavy atom. The van der Waals surface area contributed by atoms with Gasteiger partial charge in [0.2, 0.25) is 0 Å². The third-order valence-electron chi connectivity index (χ3n) is 5.33. The normalized spacial score (nSPS) is 11.7. The highest BCUT2D eigenvalue weighted by molar-refractivity contribution is 7.72. The molecule has 4 aromatic carbocycles. The van der Waals surface area contributed by atoms with Gasteiger partial charge in [0.15, 0.2) is 21.4 Å².